The summed E-state index contributed by atoms with van der Waals surface area (Å²) in [5.74, 6) is 0. The first kappa shape index (κ1) is 21.4. The van der Waals surface area contributed by atoms with Gasteiger partial charge in [0.1, 0.15) is 11.2 Å². The van der Waals surface area contributed by atoms with Gasteiger partial charge < -0.3 is 28.9 Å². The van der Waals surface area contributed by atoms with E-state index in [1.165, 1.54) is 41.6 Å². The van der Waals surface area contributed by atoms with Crippen molar-refractivity contribution in [2.24, 2.45) is 0 Å². The zero-order chi connectivity index (χ0) is 19.8. The lowest BCUT2D eigenvalue weighted by atomic mass is 10.1. The number of halogens is 1. The number of para-hydroxylation sites is 1. The van der Waals surface area contributed by atoms with Crippen LogP contribution in [0.5, 0.6) is 0 Å². The molecule has 0 fully saturated rings. The molecule has 152 valence electrons. The summed E-state index contributed by atoms with van der Waals surface area (Å²) >= 11 is 3.72. The summed E-state index contributed by atoms with van der Waals surface area (Å²) < 4.78 is 3.78. The highest BCUT2D eigenvalue weighted by Crippen LogP contribution is 2.45. The van der Waals surface area contributed by atoms with E-state index in [4.69, 9.17) is 0 Å². The molecule has 1 aliphatic heterocycles. The molecule has 0 N–H and O–H groups in total. The molecule has 0 saturated heterocycles. The van der Waals surface area contributed by atoms with Crippen LogP contribution in [0.1, 0.15) is 18.9 Å². The minimum Gasteiger partial charge on any atom is -1.00 e. The van der Waals surface area contributed by atoms with Crippen molar-refractivity contribution < 1.29 is 28.5 Å². The average Bonchev–Trinajstić information content (AvgIpc) is 3.31. The first-order valence-electron chi connectivity index (χ1n) is 10.1. The molecule has 2 heterocycles. The summed E-state index contributed by atoms with van der Waals surface area (Å²) in [4.78, 5) is 3.72. The smallest absolute Gasteiger partial charge is 0.262 e. The van der Waals surface area contributed by atoms with Crippen molar-refractivity contribution >= 4 is 55.9 Å². The van der Waals surface area contributed by atoms with Crippen molar-refractivity contribution in [1.29, 1.82) is 0 Å². The molecule has 0 saturated carbocycles. The number of allylic oxidation sites excluding steroid dienone is 2. The summed E-state index contributed by atoms with van der Waals surface area (Å²) in [6.07, 6.45) is 6.71. The molecule has 0 unspecified atom stereocenters. The highest BCUT2D eigenvalue weighted by molar-refractivity contribution is 8.03. The van der Waals surface area contributed by atoms with Crippen molar-refractivity contribution in [1.82, 2.24) is 0 Å². The molecule has 3 aromatic carbocycles. The topological polar surface area (TPSA) is 7.12 Å². The quantitative estimate of drug-likeness (QED) is 0.286. The summed E-state index contributed by atoms with van der Waals surface area (Å²) in [6.45, 7) is 6.38. The number of thioether (sulfide) groups is 1. The Labute approximate surface area is 202 Å². The van der Waals surface area contributed by atoms with Crippen LogP contribution >= 0.6 is 23.1 Å². The second-order valence-electron chi connectivity index (χ2n) is 7.00. The number of rotatable bonds is 4. The van der Waals surface area contributed by atoms with E-state index >= 15 is 0 Å². The summed E-state index contributed by atoms with van der Waals surface area (Å²) in [6, 6.07) is 21.8. The molecule has 0 radical (unpaired) electrons. The molecule has 5 rings (SSSR count). The van der Waals surface area contributed by atoms with Crippen LogP contribution in [-0.2, 0) is 6.54 Å². The molecule has 0 atom stereocenters. The normalized spacial score (nSPS) is 14.7. The summed E-state index contributed by atoms with van der Waals surface area (Å²) in [7, 11) is 0. The Kier molecular flexibility index (Phi) is 6.51. The lowest BCUT2D eigenvalue weighted by molar-refractivity contribution is -0.664. The van der Waals surface area contributed by atoms with Gasteiger partial charge in [0.2, 0.25) is 5.52 Å². The zero-order valence-electron chi connectivity index (χ0n) is 17.0. The second kappa shape index (κ2) is 9.12. The molecular formula is C25H23IN2S2. The summed E-state index contributed by atoms with van der Waals surface area (Å²) in [5, 5.41) is 5.22. The van der Waals surface area contributed by atoms with E-state index in [2.05, 4.69) is 102 Å². The van der Waals surface area contributed by atoms with E-state index in [0.29, 0.717) is 0 Å². The number of aryl methyl sites for hydroxylation is 1. The molecule has 0 aliphatic carbocycles. The summed E-state index contributed by atoms with van der Waals surface area (Å²) in [5.41, 5.74) is 2.66. The minimum absolute atomic E-state index is 0. The van der Waals surface area contributed by atoms with Gasteiger partial charge in [-0.15, -0.1) is 0 Å². The van der Waals surface area contributed by atoms with Gasteiger partial charge in [0.05, 0.1) is 16.1 Å². The Morgan fingerprint density at radius 2 is 1.77 bits per heavy atom. The van der Waals surface area contributed by atoms with Gasteiger partial charge >= 0.3 is 0 Å². The van der Waals surface area contributed by atoms with Crippen LogP contribution in [0.3, 0.4) is 0 Å². The molecule has 0 amide bonds. The first-order valence-corrected chi connectivity index (χ1v) is 11.7. The third-order valence-corrected chi connectivity index (χ3v) is 7.61. The van der Waals surface area contributed by atoms with Gasteiger partial charge in [0.25, 0.3) is 5.01 Å². The maximum absolute atomic E-state index is 2.44. The van der Waals surface area contributed by atoms with Crippen LogP contribution in [0.15, 0.2) is 82.7 Å². The van der Waals surface area contributed by atoms with E-state index in [1.54, 1.807) is 0 Å². The monoisotopic (exact) mass is 542 g/mol. The van der Waals surface area contributed by atoms with Gasteiger partial charge in [-0.1, -0.05) is 65.6 Å². The highest BCUT2D eigenvalue weighted by Gasteiger charge is 2.23. The molecule has 30 heavy (non-hydrogen) atoms. The molecule has 1 aliphatic rings. The Bertz CT molecular complexity index is 1270. The van der Waals surface area contributed by atoms with Crippen LogP contribution in [0.2, 0.25) is 0 Å². The van der Waals surface area contributed by atoms with E-state index in [-0.39, 0.29) is 24.0 Å². The number of anilines is 1. The molecule has 2 nitrogen and oxygen atoms in total. The van der Waals surface area contributed by atoms with E-state index in [1.807, 2.05) is 23.1 Å². The highest BCUT2D eigenvalue weighted by atomic mass is 127. The van der Waals surface area contributed by atoms with Gasteiger partial charge in [-0.25, -0.2) is 0 Å². The third-order valence-electron chi connectivity index (χ3n) is 5.36. The van der Waals surface area contributed by atoms with Gasteiger partial charge in [0, 0.05) is 17.5 Å². The van der Waals surface area contributed by atoms with Crippen molar-refractivity contribution in [3.8, 4) is 0 Å². The van der Waals surface area contributed by atoms with Crippen molar-refractivity contribution in [3.63, 3.8) is 0 Å². The minimum atomic E-state index is 0. The van der Waals surface area contributed by atoms with Gasteiger partial charge in [-0.2, -0.15) is 4.57 Å². The van der Waals surface area contributed by atoms with E-state index in [0.717, 1.165) is 13.1 Å². The number of hydrogen-bond acceptors (Lipinski definition) is 3. The van der Waals surface area contributed by atoms with Gasteiger partial charge in [-0.3, -0.25) is 0 Å². The van der Waals surface area contributed by atoms with Crippen LogP contribution in [0.25, 0.3) is 27.1 Å². The Morgan fingerprint density at radius 3 is 2.60 bits per heavy atom. The van der Waals surface area contributed by atoms with Crippen LogP contribution < -0.4 is 33.4 Å². The maximum atomic E-state index is 2.44. The lowest BCUT2D eigenvalue weighted by Gasteiger charge is -2.17. The number of thiazole rings is 1. The molecule has 1 aromatic heterocycles. The van der Waals surface area contributed by atoms with Crippen molar-refractivity contribution in [2.45, 2.75) is 25.3 Å². The number of fused-ring (bicyclic) bond motifs is 4. The van der Waals surface area contributed by atoms with E-state index < -0.39 is 0 Å². The molecule has 5 heteroatoms. The Morgan fingerprint density at radius 1 is 0.967 bits per heavy atom. The fraction of sp³-hybridized carbons (Fsp3) is 0.160. The maximum Gasteiger partial charge on any atom is 0.262 e. The van der Waals surface area contributed by atoms with Crippen LogP contribution in [0.4, 0.5) is 5.69 Å². The predicted molar refractivity (Wildman–Crippen MR) is 128 cm³/mol. The van der Waals surface area contributed by atoms with Crippen LogP contribution in [-0.4, -0.2) is 6.54 Å². The third kappa shape index (κ3) is 3.67. The standard InChI is InChI=1S/C25H23N2S2.HI/c1-3-26-20-12-7-8-13-21(20)28-23(26)14-9-15-24-27(4-2)25-19-11-6-5-10-18(19)16-17-22(25)29-24;/h5-17H,3-4H2,1-2H3;1H/q+1;/p-1. The molecule has 4 aromatic rings. The number of nitrogens with zero attached hydrogens (tertiary/aromatic N) is 2. The molecule has 0 bridgehead atoms. The fourth-order valence-electron chi connectivity index (χ4n) is 4.03. The molecular weight excluding hydrogens is 519 g/mol. The lowest BCUT2D eigenvalue weighted by Crippen LogP contribution is -3.00. The second-order valence-corrected chi connectivity index (χ2v) is 9.12. The first-order chi connectivity index (χ1) is 14.3. The Hall–Kier alpha value is -1.83. The SMILES string of the molecule is CCN1/C(=C/C=C/c2sc3ccc4ccccc4c3[n+]2CC)Sc2ccccc21.[I-]. The van der Waals surface area contributed by atoms with Crippen molar-refractivity contribution in [2.75, 3.05) is 11.4 Å². The van der Waals surface area contributed by atoms with Crippen LogP contribution in [0, 0.1) is 0 Å². The number of aromatic nitrogens is 1. The zero-order valence-corrected chi connectivity index (χ0v) is 20.8. The van der Waals surface area contributed by atoms with Gasteiger partial charge in [0.15, 0.2) is 0 Å². The fourth-order valence-corrected chi connectivity index (χ4v) is 6.32. The number of hydrogen-bond donors (Lipinski definition) is 0. The van der Waals surface area contributed by atoms with Gasteiger partial charge in [-0.05, 0) is 49.6 Å². The largest absolute Gasteiger partial charge is 1.00 e. The van der Waals surface area contributed by atoms with Crippen molar-refractivity contribution in [3.05, 3.63) is 82.9 Å². The average molecular weight is 543 g/mol. The predicted octanol–water partition coefficient (Wildman–Crippen LogP) is 3.85. The van der Waals surface area contributed by atoms with E-state index in [9.17, 15) is 0 Å². The Balaban J connectivity index is 0.00000218. The molecule has 0 spiro atoms. The number of benzene rings is 3.